The highest BCUT2D eigenvalue weighted by atomic mass is 16.3. The Hall–Kier alpha value is -6.84. The third-order valence-corrected chi connectivity index (χ3v) is 11.3. The minimum atomic E-state index is -0.469. The van der Waals surface area contributed by atoms with E-state index < -0.39 is 5.41 Å². The van der Waals surface area contributed by atoms with Gasteiger partial charge in [0.05, 0.1) is 0 Å². The van der Waals surface area contributed by atoms with Crippen LogP contribution in [0.25, 0.3) is 66.1 Å². The van der Waals surface area contributed by atoms with E-state index >= 15 is 0 Å². The standard InChI is InChI=1S/C50H33NO2/c1-50(43-19-9-5-15-37(43)38-16-6-10-20-44(38)50)45-31-36(30-42-40-18-8-12-22-47(40)53-49(42)45)51(34-25-23-33(24-26-34)32-13-3-2-4-14-32)35-27-28-48-41(29-35)39-17-7-11-21-46(39)52-48/h2-31H,1H3. The van der Waals surface area contributed by atoms with Gasteiger partial charge in [-0.25, -0.2) is 0 Å². The molecule has 0 fully saturated rings. The molecule has 53 heavy (non-hydrogen) atoms. The van der Waals surface area contributed by atoms with Crippen molar-refractivity contribution in [3.63, 3.8) is 0 Å². The van der Waals surface area contributed by atoms with Gasteiger partial charge in [-0.05, 0) is 94.9 Å². The summed E-state index contributed by atoms with van der Waals surface area (Å²) >= 11 is 0. The number of para-hydroxylation sites is 2. The number of hydrogen-bond acceptors (Lipinski definition) is 3. The van der Waals surface area contributed by atoms with Crippen molar-refractivity contribution in [2.45, 2.75) is 12.3 Å². The molecule has 3 heteroatoms. The van der Waals surface area contributed by atoms with E-state index in [0.717, 1.165) is 66.5 Å². The fourth-order valence-corrected chi connectivity index (χ4v) is 8.79. The van der Waals surface area contributed by atoms with Crippen LogP contribution in [-0.4, -0.2) is 0 Å². The number of benzene rings is 8. The molecule has 1 aliphatic rings. The molecule has 0 radical (unpaired) electrons. The van der Waals surface area contributed by atoms with Gasteiger partial charge >= 0.3 is 0 Å². The Balaban J connectivity index is 1.21. The van der Waals surface area contributed by atoms with Gasteiger partial charge in [0.15, 0.2) is 0 Å². The second-order valence-corrected chi connectivity index (χ2v) is 14.2. The summed E-state index contributed by atoms with van der Waals surface area (Å²) in [7, 11) is 0. The van der Waals surface area contributed by atoms with Crippen molar-refractivity contribution in [2.75, 3.05) is 4.90 Å². The normalized spacial score (nSPS) is 13.2. The lowest BCUT2D eigenvalue weighted by Crippen LogP contribution is -2.23. The van der Waals surface area contributed by atoms with E-state index in [-0.39, 0.29) is 0 Å². The molecule has 11 rings (SSSR count). The summed E-state index contributed by atoms with van der Waals surface area (Å²) in [6, 6.07) is 65.1. The largest absolute Gasteiger partial charge is 0.456 e. The molecular weight excluding hydrogens is 647 g/mol. The molecule has 0 N–H and O–H groups in total. The average molecular weight is 680 g/mol. The summed E-state index contributed by atoms with van der Waals surface area (Å²) in [5, 5.41) is 4.39. The predicted octanol–water partition coefficient (Wildman–Crippen LogP) is 14.0. The van der Waals surface area contributed by atoms with Crippen molar-refractivity contribution in [2.24, 2.45) is 0 Å². The zero-order valence-corrected chi connectivity index (χ0v) is 29.1. The summed E-state index contributed by atoms with van der Waals surface area (Å²) in [5.74, 6) is 0. The van der Waals surface area contributed by atoms with Crippen LogP contribution in [0.5, 0.6) is 0 Å². The number of fused-ring (bicyclic) bond motifs is 9. The molecule has 250 valence electrons. The number of rotatable bonds is 5. The number of furan rings is 2. The first-order valence-corrected chi connectivity index (χ1v) is 18.2. The van der Waals surface area contributed by atoms with Crippen LogP contribution in [0.1, 0.15) is 23.6 Å². The van der Waals surface area contributed by atoms with Crippen LogP contribution >= 0.6 is 0 Å². The maximum absolute atomic E-state index is 6.87. The number of nitrogens with zero attached hydrogens (tertiary/aromatic N) is 1. The molecule has 3 nitrogen and oxygen atoms in total. The van der Waals surface area contributed by atoms with E-state index in [1.54, 1.807) is 0 Å². The van der Waals surface area contributed by atoms with Crippen molar-refractivity contribution in [1.29, 1.82) is 0 Å². The van der Waals surface area contributed by atoms with Gasteiger partial charge in [-0.15, -0.1) is 0 Å². The fraction of sp³-hybridized carbons (Fsp3) is 0.0400. The Kier molecular flexibility index (Phi) is 6.38. The van der Waals surface area contributed by atoms with E-state index in [4.69, 9.17) is 8.83 Å². The Labute approximate surface area is 307 Å². The smallest absolute Gasteiger partial charge is 0.140 e. The maximum atomic E-state index is 6.87. The van der Waals surface area contributed by atoms with Crippen LogP contribution in [0.3, 0.4) is 0 Å². The molecule has 0 aliphatic heterocycles. The summed E-state index contributed by atoms with van der Waals surface area (Å²) in [5.41, 5.74) is 14.9. The lowest BCUT2D eigenvalue weighted by molar-refractivity contribution is 0.638. The third-order valence-electron chi connectivity index (χ3n) is 11.3. The Morgan fingerprint density at radius 3 is 1.62 bits per heavy atom. The van der Waals surface area contributed by atoms with E-state index in [1.165, 1.54) is 33.4 Å². The molecule has 10 aromatic rings. The quantitative estimate of drug-likeness (QED) is 0.181. The zero-order chi connectivity index (χ0) is 35.1. The Morgan fingerprint density at radius 2 is 0.906 bits per heavy atom. The van der Waals surface area contributed by atoms with Crippen LogP contribution in [0.15, 0.2) is 191 Å². The average Bonchev–Trinajstić information content (AvgIpc) is 3.87. The SMILES string of the molecule is CC1(c2cc(N(c3ccc(-c4ccccc4)cc3)c3ccc4oc5ccccc5c4c3)cc3c2oc2ccccc23)c2ccccc2-c2ccccc21. The third kappa shape index (κ3) is 4.41. The molecule has 1 aliphatic carbocycles. The summed E-state index contributed by atoms with van der Waals surface area (Å²) in [4.78, 5) is 2.39. The van der Waals surface area contributed by atoms with E-state index in [9.17, 15) is 0 Å². The molecular formula is C50H33NO2. The highest BCUT2D eigenvalue weighted by molar-refractivity contribution is 6.10. The number of hydrogen-bond donors (Lipinski definition) is 0. The maximum Gasteiger partial charge on any atom is 0.140 e. The molecule has 0 unspecified atom stereocenters. The van der Waals surface area contributed by atoms with E-state index in [2.05, 4.69) is 182 Å². The van der Waals surface area contributed by atoms with Crippen LogP contribution in [0.2, 0.25) is 0 Å². The summed E-state index contributed by atoms with van der Waals surface area (Å²) < 4.78 is 13.2. The van der Waals surface area contributed by atoms with Gasteiger partial charge in [-0.1, -0.05) is 127 Å². The molecule has 2 heterocycles. The summed E-state index contributed by atoms with van der Waals surface area (Å²) in [6.07, 6.45) is 0. The van der Waals surface area contributed by atoms with Crippen LogP contribution in [0.4, 0.5) is 17.1 Å². The van der Waals surface area contributed by atoms with E-state index in [0.29, 0.717) is 0 Å². The van der Waals surface area contributed by atoms with Crippen LogP contribution < -0.4 is 4.90 Å². The monoisotopic (exact) mass is 679 g/mol. The second-order valence-electron chi connectivity index (χ2n) is 14.2. The molecule has 0 atom stereocenters. The van der Waals surface area contributed by atoms with Gasteiger partial charge in [0.25, 0.3) is 0 Å². The lowest BCUT2D eigenvalue weighted by atomic mass is 9.73. The summed E-state index contributed by atoms with van der Waals surface area (Å²) in [6.45, 7) is 2.37. The molecule has 2 aromatic heterocycles. The predicted molar refractivity (Wildman–Crippen MR) is 219 cm³/mol. The van der Waals surface area contributed by atoms with Crippen LogP contribution in [-0.2, 0) is 5.41 Å². The molecule has 0 saturated heterocycles. The Bertz CT molecular complexity index is 2980. The van der Waals surface area contributed by atoms with Gasteiger partial charge in [0.2, 0.25) is 0 Å². The van der Waals surface area contributed by atoms with Crippen molar-refractivity contribution in [1.82, 2.24) is 0 Å². The number of anilines is 3. The van der Waals surface area contributed by atoms with Crippen molar-refractivity contribution >= 4 is 60.9 Å². The minimum absolute atomic E-state index is 0.469. The highest BCUT2D eigenvalue weighted by Crippen LogP contribution is 2.55. The molecule has 8 aromatic carbocycles. The molecule has 0 amide bonds. The van der Waals surface area contributed by atoms with Gasteiger partial charge in [0, 0.05) is 49.6 Å². The van der Waals surface area contributed by atoms with Gasteiger partial charge in [-0.3, -0.25) is 0 Å². The van der Waals surface area contributed by atoms with Crippen LogP contribution in [0, 0.1) is 0 Å². The highest BCUT2D eigenvalue weighted by Gasteiger charge is 2.43. The first-order chi connectivity index (χ1) is 26.1. The first-order valence-electron chi connectivity index (χ1n) is 18.2. The Morgan fingerprint density at radius 1 is 0.377 bits per heavy atom. The fourth-order valence-electron chi connectivity index (χ4n) is 8.79. The van der Waals surface area contributed by atoms with Gasteiger partial charge < -0.3 is 13.7 Å². The lowest BCUT2D eigenvalue weighted by Gasteiger charge is -2.31. The first kappa shape index (κ1) is 29.8. The topological polar surface area (TPSA) is 29.5 Å². The molecule has 0 saturated carbocycles. The van der Waals surface area contributed by atoms with Crippen molar-refractivity contribution < 1.29 is 8.83 Å². The second kappa shape index (κ2) is 11.3. The minimum Gasteiger partial charge on any atom is -0.456 e. The van der Waals surface area contributed by atoms with Crippen molar-refractivity contribution in [3.8, 4) is 22.3 Å². The van der Waals surface area contributed by atoms with Gasteiger partial charge in [-0.2, -0.15) is 0 Å². The van der Waals surface area contributed by atoms with E-state index in [1.807, 2.05) is 12.1 Å². The molecule has 0 spiro atoms. The molecule has 0 bridgehead atoms. The van der Waals surface area contributed by atoms with Crippen molar-refractivity contribution in [3.05, 3.63) is 199 Å². The zero-order valence-electron chi connectivity index (χ0n) is 29.1. The van der Waals surface area contributed by atoms with Gasteiger partial charge in [0.1, 0.15) is 22.3 Å².